The molecule has 1 amide bonds. The number of nitrogens with one attached hydrogen (secondary N) is 1. The number of hydrazine groups is 1. The number of carbonyl (C=O) groups is 1. The third-order valence-corrected chi connectivity index (χ3v) is 2.32. The van der Waals surface area contributed by atoms with Crippen LogP contribution in [0.25, 0.3) is 0 Å². The molecule has 0 aliphatic carbocycles. The van der Waals surface area contributed by atoms with E-state index in [1.165, 1.54) is 0 Å². The topological polar surface area (TPSA) is 82.2 Å². The lowest BCUT2D eigenvalue weighted by atomic mass is 10.1. The quantitative estimate of drug-likeness (QED) is 0.371. The number of hydrogen-bond acceptors (Lipinski definition) is 4. The Balaban J connectivity index is 4.10. The van der Waals surface area contributed by atoms with Crippen LogP contribution in [0.1, 0.15) is 20.8 Å². The lowest BCUT2D eigenvalue weighted by Crippen LogP contribution is -2.41. The highest BCUT2D eigenvalue weighted by Gasteiger charge is 2.16. The second-order valence-electron chi connectivity index (χ2n) is 3.79. The van der Waals surface area contributed by atoms with Gasteiger partial charge < -0.3 is 4.90 Å². The molecule has 15 heavy (non-hydrogen) atoms. The van der Waals surface area contributed by atoms with Gasteiger partial charge in [-0.15, -0.1) is 0 Å². The Bertz CT molecular complexity index is 236. The molecule has 0 saturated carbocycles. The number of rotatable bonds is 6. The van der Waals surface area contributed by atoms with Crippen LogP contribution in [0, 0.1) is 23.2 Å². The Morgan fingerprint density at radius 2 is 2.13 bits per heavy atom. The van der Waals surface area contributed by atoms with Gasteiger partial charge in [0.1, 0.15) is 0 Å². The van der Waals surface area contributed by atoms with Gasteiger partial charge in [-0.1, -0.05) is 13.8 Å². The van der Waals surface area contributed by atoms with E-state index >= 15 is 0 Å². The van der Waals surface area contributed by atoms with Crippen LogP contribution in [0.15, 0.2) is 0 Å². The molecule has 3 N–H and O–H groups in total. The van der Waals surface area contributed by atoms with Crippen LogP contribution < -0.4 is 11.3 Å². The second kappa shape index (κ2) is 7.21. The van der Waals surface area contributed by atoms with Crippen molar-refractivity contribution in [2.24, 2.45) is 17.7 Å². The van der Waals surface area contributed by atoms with Crippen LogP contribution in [-0.4, -0.2) is 30.4 Å². The Kier molecular flexibility index (Phi) is 6.67. The summed E-state index contributed by atoms with van der Waals surface area (Å²) in [5.41, 5.74) is 2.13. The SMILES string of the molecule is CCN(CC(C)C#N)CC(C)C(=O)NN. The summed E-state index contributed by atoms with van der Waals surface area (Å²) in [7, 11) is 0. The van der Waals surface area contributed by atoms with Crippen molar-refractivity contribution in [2.45, 2.75) is 20.8 Å². The molecule has 0 bridgehead atoms. The van der Waals surface area contributed by atoms with Crippen molar-refractivity contribution in [3.63, 3.8) is 0 Å². The molecule has 0 aromatic rings. The molecule has 2 atom stereocenters. The van der Waals surface area contributed by atoms with E-state index in [0.29, 0.717) is 13.1 Å². The Labute approximate surface area is 91.2 Å². The van der Waals surface area contributed by atoms with Crippen LogP contribution in [0.5, 0.6) is 0 Å². The van der Waals surface area contributed by atoms with E-state index in [9.17, 15) is 4.79 Å². The van der Waals surface area contributed by atoms with Crippen molar-refractivity contribution < 1.29 is 4.79 Å². The summed E-state index contributed by atoms with van der Waals surface area (Å²) >= 11 is 0. The monoisotopic (exact) mass is 212 g/mol. The number of carbonyl (C=O) groups excluding carboxylic acids is 1. The van der Waals surface area contributed by atoms with E-state index in [0.717, 1.165) is 6.54 Å². The highest BCUT2D eigenvalue weighted by molar-refractivity contribution is 5.77. The van der Waals surface area contributed by atoms with Gasteiger partial charge >= 0.3 is 0 Å². The molecule has 86 valence electrons. The highest BCUT2D eigenvalue weighted by Crippen LogP contribution is 2.03. The smallest absolute Gasteiger partial charge is 0.237 e. The molecule has 0 fully saturated rings. The van der Waals surface area contributed by atoms with Crippen LogP contribution in [-0.2, 0) is 4.79 Å². The van der Waals surface area contributed by atoms with E-state index in [1.54, 1.807) is 0 Å². The Hall–Kier alpha value is -1.12. The zero-order chi connectivity index (χ0) is 11.8. The molecule has 0 aliphatic rings. The molecule has 2 unspecified atom stereocenters. The summed E-state index contributed by atoms with van der Waals surface area (Å²) in [5.74, 6) is 4.71. The third-order valence-electron chi connectivity index (χ3n) is 2.32. The summed E-state index contributed by atoms with van der Waals surface area (Å²) in [4.78, 5) is 13.3. The lowest BCUT2D eigenvalue weighted by Gasteiger charge is -2.24. The van der Waals surface area contributed by atoms with Gasteiger partial charge in [-0.25, -0.2) is 5.84 Å². The molecule has 0 spiro atoms. The van der Waals surface area contributed by atoms with Gasteiger partial charge in [-0.05, 0) is 13.5 Å². The van der Waals surface area contributed by atoms with E-state index < -0.39 is 0 Å². The molecule has 0 rings (SSSR count). The lowest BCUT2D eigenvalue weighted by molar-refractivity contribution is -0.125. The fraction of sp³-hybridized carbons (Fsp3) is 0.800. The van der Waals surface area contributed by atoms with Crippen LogP contribution >= 0.6 is 0 Å². The van der Waals surface area contributed by atoms with Gasteiger partial charge in [0.2, 0.25) is 5.91 Å². The molecular formula is C10H20N4O. The zero-order valence-corrected chi connectivity index (χ0v) is 9.66. The molecule has 0 radical (unpaired) electrons. The summed E-state index contributed by atoms with van der Waals surface area (Å²) in [6.07, 6.45) is 0. The van der Waals surface area contributed by atoms with Crippen molar-refractivity contribution in [1.29, 1.82) is 5.26 Å². The molecule has 5 heteroatoms. The van der Waals surface area contributed by atoms with Gasteiger partial charge in [0.25, 0.3) is 0 Å². The summed E-state index contributed by atoms with van der Waals surface area (Å²) in [6, 6.07) is 2.18. The van der Waals surface area contributed by atoms with Crippen molar-refractivity contribution in [3.8, 4) is 6.07 Å². The van der Waals surface area contributed by atoms with Crippen molar-refractivity contribution in [2.75, 3.05) is 19.6 Å². The second-order valence-corrected chi connectivity index (χ2v) is 3.79. The normalized spacial score (nSPS) is 14.4. The van der Waals surface area contributed by atoms with Crippen molar-refractivity contribution >= 4 is 5.91 Å². The first-order chi connectivity index (χ1) is 7.04. The first-order valence-corrected chi connectivity index (χ1v) is 5.17. The first kappa shape index (κ1) is 13.9. The third kappa shape index (κ3) is 5.35. The maximum atomic E-state index is 11.2. The van der Waals surface area contributed by atoms with E-state index in [1.807, 2.05) is 20.8 Å². The van der Waals surface area contributed by atoms with Gasteiger partial charge in [0, 0.05) is 19.0 Å². The summed E-state index contributed by atoms with van der Waals surface area (Å²) in [6.45, 7) is 7.85. The van der Waals surface area contributed by atoms with E-state index in [4.69, 9.17) is 11.1 Å². The average Bonchev–Trinajstić information content (AvgIpc) is 2.26. The molecule has 0 aromatic heterocycles. The number of nitrogens with zero attached hydrogens (tertiary/aromatic N) is 2. The fourth-order valence-electron chi connectivity index (χ4n) is 1.37. The van der Waals surface area contributed by atoms with E-state index in [2.05, 4.69) is 16.4 Å². The Morgan fingerprint density at radius 1 is 1.53 bits per heavy atom. The molecular weight excluding hydrogens is 192 g/mol. The number of amides is 1. The first-order valence-electron chi connectivity index (χ1n) is 5.17. The maximum Gasteiger partial charge on any atom is 0.237 e. The predicted molar refractivity (Wildman–Crippen MR) is 58.4 cm³/mol. The number of hydrogen-bond donors (Lipinski definition) is 2. The largest absolute Gasteiger partial charge is 0.302 e. The minimum atomic E-state index is -0.168. The molecule has 0 saturated heterocycles. The van der Waals surface area contributed by atoms with E-state index in [-0.39, 0.29) is 17.7 Å². The van der Waals surface area contributed by atoms with Gasteiger partial charge in [0.15, 0.2) is 0 Å². The van der Waals surface area contributed by atoms with Crippen molar-refractivity contribution in [1.82, 2.24) is 10.3 Å². The minimum Gasteiger partial charge on any atom is -0.302 e. The van der Waals surface area contributed by atoms with Gasteiger partial charge in [-0.3, -0.25) is 10.2 Å². The number of nitriles is 1. The predicted octanol–water partition coefficient (Wildman–Crippen LogP) is 0.0940. The Morgan fingerprint density at radius 3 is 2.53 bits per heavy atom. The summed E-state index contributed by atoms with van der Waals surface area (Å²) in [5, 5.41) is 8.69. The fourth-order valence-corrected chi connectivity index (χ4v) is 1.37. The minimum absolute atomic E-state index is 0.0157. The summed E-state index contributed by atoms with van der Waals surface area (Å²) < 4.78 is 0. The molecule has 0 aliphatic heterocycles. The average molecular weight is 212 g/mol. The van der Waals surface area contributed by atoms with Gasteiger partial charge in [0.05, 0.1) is 12.0 Å². The molecule has 5 nitrogen and oxygen atoms in total. The highest BCUT2D eigenvalue weighted by atomic mass is 16.2. The van der Waals surface area contributed by atoms with Crippen LogP contribution in [0.4, 0.5) is 0 Å². The van der Waals surface area contributed by atoms with Crippen LogP contribution in [0.3, 0.4) is 0 Å². The molecule has 0 heterocycles. The van der Waals surface area contributed by atoms with Crippen molar-refractivity contribution in [3.05, 3.63) is 0 Å². The maximum absolute atomic E-state index is 11.2. The van der Waals surface area contributed by atoms with Crippen LogP contribution in [0.2, 0.25) is 0 Å². The van der Waals surface area contributed by atoms with Gasteiger partial charge in [-0.2, -0.15) is 5.26 Å². The number of nitrogens with two attached hydrogens (primary N) is 1. The standard InChI is InChI=1S/C10H20N4O/c1-4-14(6-8(2)5-11)7-9(3)10(15)13-12/h8-9H,4,6-7,12H2,1-3H3,(H,13,15). The molecule has 0 aromatic carbocycles. The zero-order valence-electron chi connectivity index (χ0n) is 9.66.